The van der Waals surface area contributed by atoms with Gasteiger partial charge in [0.2, 0.25) is 0 Å². The van der Waals surface area contributed by atoms with Gasteiger partial charge in [0.05, 0.1) is 13.0 Å². The number of aryl methyl sites for hydroxylation is 2. The van der Waals surface area contributed by atoms with Crippen molar-refractivity contribution in [3.8, 4) is 0 Å². The van der Waals surface area contributed by atoms with Crippen LogP contribution in [0.5, 0.6) is 0 Å². The maximum atomic E-state index is 11.6. The van der Waals surface area contributed by atoms with Crippen molar-refractivity contribution in [2.45, 2.75) is 20.3 Å². The Morgan fingerprint density at radius 3 is 2.42 bits per heavy atom. The Labute approximate surface area is 114 Å². The fraction of sp³-hybridized carbons (Fsp3) is 0.467. The summed E-state index contributed by atoms with van der Waals surface area (Å²) in [7, 11) is 3.27. The van der Waals surface area contributed by atoms with Gasteiger partial charge in [-0.25, -0.2) is 0 Å². The van der Waals surface area contributed by atoms with Crippen LogP contribution in [0.1, 0.15) is 17.5 Å². The Bertz CT molecular complexity index is 436. The third-order valence-electron chi connectivity index (χ3n) is 3.23. The minimum atomic E-state index is -0.425. The highest BCUT2D eigenvalue weighted by Gasteiger charge is 2.21. The lowest BCUT2D eigenvalue weighted by Gasteiger charge is -2.26. The van der Waals surface area contributed by atoms with Gasteiger partial charge < -0.3 is 14.4 Å². The molecule has 4 nitrogen and oxygen atoms in total. The van der Waals surface area contributed by atoms with Gasteiger partial charge in [0.25, 0.3) is 0 Å². The fourth-order valence-electron chi connectivity index (χ4n) is 2.36. The average molecular weight is 263 g/mol. The molecule has 0 fully saturated rings. The molecule has 0 aromatic heterocycles. The second kappa shape index (κ2) is 6.92. The van der Waals surface area contributed by atoms with Gasteiger partial charge >= 0.3 is 5.97 Å². The smallest absolute Gasteiger partial charge is 0.310 e. The van der Waals surface area contributed by atoms with Crippen molar-refractivity contribution in [1.29, 1.82) is 0 Å². The molecule has 1 rings (SSSR count). The first kappa shape index (κ1) is 15.2. The maximum Gasteiger partial charge on any atom is 0.310 e. The number of aldehydes is 1. The Kier molecular flexibility index (Phi) is 5.55. The molecule has 0 bridgehead atoms. The highest BCUT2D eigenvalue weighted by Crippen LogP contribution is 2.24. The van der Waals surface area contributed by atoms with E-state index in [9.17, 15) is 9.59 Å². The molecule has 0 aliphatic heterocycles. The molecule has 4 heteroatoms. The van der Waals surface area contributed by atoms with E-state index in [0.717, 1.165) is 23.1 Å². The molecule has 0 radical (unpaired) electrons. The quantitative estimate of drug-likeness (QED) is 0.582. The summed E-state index contributed by atoms with van der Waals surface area (Å²) in [6.45, 7) is 4.54. The van der Waals surface area contributed by atoms with Crippen LogP contribution < -0.4 is 4.90 Å². The van der Waals surface area contributed by atoms with Crippen molar-refractivity contribution in [1.82, 2.24) is 0 Å². The number of nitrogens with zero attached hydrogens (tertiary/aromatic N) is 1. The molecule has 1 aromatic rings. The third kappa shape index (κ3) is 3.81. The lowest BCUT2D eigenvalue weighted by atomic mass is 10.0. The number of hydrogen-bond donors (Lipinski definition) is 0. The van der Waals surface area contributed by atoms with E-state index in [1.165, 1.54) is 7.11 Å². The number of carbonyl (C=O) groups is 2. The molecular formula is C15H21NO3. The zero-order chi connectivity index (χ0) is 14.4. The first-order valence-electron chi connectivity index (χ1n) is 6.30. The maximum absolute atomic E-state index is 11.6. The summed E-state index contributed by atoms with van der Waals surface area (Å²) >= 11 is 0. The highest BCUT2D eigenvalue weighted by molar-refractivity contribution is 5.76. The molecule has 0 saturated carbocycles. The standard InChI is InChI=1S/C15H21NO3/c1-11-6-5-7-12(2)14(11)16(3)10-13(8-9-17)15(18)19-4/h5-7,9,13H,8,10H2,1-4H3. The Morgan fingerprint density at radius 2 is 1.95 bits per heavy atom. The van der Waals surface area contributed by atoms with Gasteiger partial charge in [0.15, 0.2) is 0 Å². The van der Waals surface area contributed by atoms with Gasteiger partial charge in [-0.05, 0) is 25.0 Å². The van der Waals surface area contributed by atoms with Crippen molar-refractivity contribution in [2.24, 2.45) is 5.92 Å². The van der Waals surface area contributed by atoms with E-state index in [1.807, 2.05) is 44.0 Å². The van der Waals surface area contributed by atoms with E-state index in [2.05, 4.69) is 0 Å². The molecule has 1 aromatic carbocycles. The molecule has 104 valence electrons. The zero-order valence-electron chi connectivity index (χ0n) is 12.0. The summed E-state index contributed by atoms with van der Waals surface area (Å²) in [4.78, 5) is 24.3. The molecule has 0 N–H and O–H groups in total. The van der Waals surface area contributed by atoms with Crippen LogP contribution in [0.2, 0.25) is 0 Å². The van der Waals surface area contributed by atoms with E-state index >= 15 is 0 Å². The van der Waals surface area contributed by atoms with E-state index in [0.29, 0.717) is 6.54 Å². The molecule has 0 heterocycles. The number of esters is 1. The number of methoxy groups -OCH3 is 1. The van der Waals surface area contributed by atoms with Crippen LogP contribution in [-0.2, 0) is 14.3 Å². The highest BCUT2D eigenvalue weighted by atomic mass is 16.5. The molecule has 1 unspecified atom stereocenters. The summed E-state index contributed by atoms with van der Waals surface area (Å²) in [5.74, 6) is -0.767. The summed E-state index contributed by atoms with van der Waals surface area (Å²) in [5, 5.41) is 0. The van der Waals surface area contributed by atoms with Gasteiger partial charge in [0, 0.05) is 25.7 Å². The van der Waals surface area contributed by atoms with Crippen LogP contribution >= 0.6 is 0 Å². The number of rotatable bonds is 6. The van der Waals surface area contributed by atoms with Crippen LogP contribution in [0.4, 0.5) is 5.69 Å². The molecule has 0 amide bonds. The lowest BCUT2D eigenvalue weighted by molar-refractivity contribution is -0.146. The van der Waals surface area contributed by atoms with Crippen LogP contribution in [0.15, 0.2) is 18.2 Å². The molecule has 0 saturated heterocycles. The Balaban J connectivity index is 2.90. The fourth-order valence-corrected chi connectivity index (χ4v) is 2.36. The number of carbonyl (C=O) groups excluding carboxylic acids is 2. The summed E-state index contributed by atoms with van der Waals surface area (Å²) in [6, 6.07) is 6.07. The molecule has 0 spiro atoms. The Hall–Kier alpha value is -1.84. The monoisotopic (exact) mass is 263 g/mol. The van der Waals surface area contributed by atoms with Gasteiger partial charge in [-0.1, -0.05) is 18.2 Å². The van der Waals surface area contributed by atoms with E-state index in [-0.39, 0.29) is 12.4 Å². The number of ether oxygens (including phenoxy) is 1. The molecule has 0 aliphatic rings. The second-order valence-corrected chi connectivity index (χ2v) is 4.74. The average Bonchev–Trinajstić information content (AvgIpc) is 2.37. The topological polar surface area (TPSA) is 46.6 Å². The van der Waals surface area contributed by atoms with E-state index in [1.54, 1.807) is 0 Å². The molecule has 0 aliphatic carbocycles. The third-order valence-corrected chi connectivity index (χ3v) is 3.23. The largest absolute Gasteiger partial charge is 0.469 e. The van der Waals surface area contributed by atoms with Crippen LogP contribution in [0.25, 0.3) is 0 Å². The van der Waals surface area contributed by atoms with Crippen LogP contribution in [-0.4, -0.2) is 33.0 Å². The van der Waals surface area contributed by atoms with Crippen LogP contribution in [0, 0.1) is 19.8 Å². The minimum absolute atomic E-state index is 0.182. The van der Waals surface area contributed by atoms with Crippen molar-refractivity contribution in [3.05, 3.63) is 29.3 Å². The van der Waals surface area contributed by atoms with Crippen LogP contribution in [0.3, 0.4) is 0 Å². The van der Waals surface area contributed by atoms with Gasteiger partial charge in [-0.15, -0.1) is 0 Å². The second-order valence-electron chi connectivity index (χ2n) is 4.74. The lowest BCUT2D eigenvalue weighted by Crippen LogP contribution is -2.32. The normalized spacial score (nSPS) is 11.8. The number of hydrogen-bond acceptors (Lipinski definition) is 4. The van der Waals surface area contributed by atoms with Gasteiger partial charge in [0.1, 0.15) is 6.29 Å². The summed E-state index contributed by atoms with van der Waals surface area (Å²) in [6.07, 6.45) is 0.947. The number of benzene rings is 1. The van der Waals surface area contributed by atoms with E-state index in [4.69, 9.17) is 4.74 Å². The summed E-state index contributed by atoms with van der Waals surface area (Å²) in [5.41, 5.74) is 3.40. The zero-order valence-corrected chi connectivity index (χ0v) is 12.0. The first-order chi connectivity index (χ1) is 9.01. The molecular weight excluding hydrogens is 242 g/mol. The Morgan fingerprint density at radius 1 is 1.37 bits per heavy atom. The number of anilines is 1. The SMILES string of the molecule is COC(=O)C(CC=O)CN(C)c1c(C)cccc1C. The predicted molar refractivity (Wildman–Crippen MR) is 75.4 cm³/mol. The number of para-hydroxylation sites is 1. The van der Waals surface area contributed by atoms with Crippen molar-refractivity contribution in [3.63, 3.8) is 0 Å². The van der Waals surface area contributed by atoms with Gasteiger partial charge in [-0.3, -0.25) is 4.79 Å². The summed E-state index contributed by atoms with van der Waals surface area (Å²) < 4.78 is 4.74. The first-order valence-corrected chi connectivity index (χ1v) is 6.30. The van der Waals surface area contributed by atoms with Crippen molar-refractivity contribution in [2.75, 3.05) is 25.6 Å². The van der Waals surface area contributed by atoms with Crippen molar-refractivity contribution >= 4 is 17.9 Å². The van der Waals surface area contributed by atoms with Crippen molar-refractivity contribution < 1.29 is 14.3 Å². The predicted octanol–water partition coefficient (Wildman–Crippen LogP) is 2.12. The minimum Gasteiger partial charge on any atom is -0.469 e. The molecule has 1 atom stereocenters. The van der Waals surface area contributed by atoms with E-state index < -0.39 is 5.92 Å². The molecule has 19 heavy (non-hydrogen) atoms. The van der Waals surface area contributed by atoms with Gasteiger partial charge in [-0.2, -0.15) is 0 Å².